The van der Waals surface area contributed by atoms with E-state index in [0.29, 0.717) is 34.7 Å². The first-order valence-corrected chi connectivity index (χ1v) is 16.2. The zero-order valence-electron chi connectivity index (χ0n) is 15.9. The third kappa shape index (κ3) is 6.28. The molecule has 25 heavy (non-hydrogen) atoms. The normalized spacial score (nSPS) is 13.0. The van der Waals surface area contributed by atoms with Crippen LogP contribution in [-0.2, 0) is 10.8 Å². The zero-order chi connectivity index (χ0) is 19.4. The number of hydrogen-bond donors (Lipinski definition) is 0. The zero-order valence-corrected chi connectivity index (χ0v) is 20.2. The largest absolute Gasteiger partial charge is 0.515 e. The van der Waals surface area contributed by atoms with Crippen LogP contribution >= 0.6 is 33.2 Å². The van der Waals surface area contributed by atoms with Gasteiger partial charge in [-0.3, -0.25) is 0 Å². The average Bonchev–Trinajstić information content (AvgIpc) is 2.49. The Morgan fingerprint density at radius 2 is 1.36 bits per heavy atom. The lowest BCUT2D eigenvalue weighted by Crippen LogP contribution is -2.49. The van der Waals surface area contributed by atoms with Crippen LogP contribution in [-0.4, -0.2) is 20.3 Å². The van der Waals surface area contributed by atoms with E-state index in [2.05, 4.69) is 41.5 Å². The lowest BCUT2D eigenvalue weighted by Gasteiger charge is -2.41. The van der Waals surface area contributed by atoms with E-state index in [1.165, 1.54) is 0 Å². The Balaban J connectivity index is 2.92. The number of carbonyl (C=O) groups is 1. The number of halogens is 3. The van der Waals surface area contributed by atoms with Crippen molar-refractivity contribution in [2.45, 2.75) is 70.6 Å². The second-order valence-corrected chi connectivity index (χ2v) is 22.2. The summed E-state index contributed by atoms with van der Waals surface area (Å²) in [6.07, 6.45) is 0.709. The van der Waals surface area contributed by atoms with E-state index in [0.717, 1.165) is 5.56 Å². The highest BCUT2D eigenvalue weighted by Gasteiger charge is 2.48. The molecule has 0 aliphatic heterocycles. The van der Waals surface area contributed by atoms with Gasteiger partial charge in [0.2, 0.25) is 0 Å². The molecule has 0 bridgehead atoms. The van der Waals surface area contributed by atoms with Crippen LogP contribution in [0.15, 0.2) is 24.3 Å². The highest BCUT2D eigenvalue weighted by Crippen LogP contribution is 2.42. The molecule has 2 nitrogen and oxygen atoms in total. The maximum atomic E-state index is 12.8. The number of benzene rings is 1. The van der Waals surface area contributed by atoms with Gasteiger partial charge in [-0.05, 0) is 46.8 Å². The predicted molar refractivity (Wildman–Crippen MR) is 115 cm³/mol. The second kappa shape index (κ2) is 9.27. The monoisotopic (exact) mass is 438 g/mol. The van der Waals surface area contributed by atoms with Crippen LogP contribution in [0, 0.1) is 0 Å². The van der Waals surface area contributed by atoms with Gasteiger partial charge in [-0.25, -0.2) is 4.79 Å². The Morgan fingerprint density at radius 3 is 1.72 bits per heavy atom. The summed E-state index contributed by atoms with van der Waals surface area (Å²) in [6.45, 7) is 13.0. The molecule has 0 N–H and O–H groups in total. The number of hydrogen-bond acceptors (Lipinski definition) is 2. The minimum atomic E-state index is -2.61. The number of aryl methyl sites for hydroxylation is 1. The van der Waals surface area contributed by atoms with Crippen LogP contribution in [0.3, 0.4) is 0 Å². The van der Waals surface area contributed by atoms with E-state index in [-0.39, 0.29) is 5.97 Å². The highest BCUT2D eigenvalue weighted by molar-refractivity contribution is 7.64. The maximum Gasteiger partial charge on any atom is 0.341 e. The lowest BCUT2D eigenvalue weighted by molar-refractivity contribution is 0.0705. The van der Waals surface area contributed by atoms with Gasteiger partial charge in [0.05, 0.1) is 5.56 Å². The summed E-state index contributed by atoms with van der Waals surface area (Å²) in [5, 5.41) is 0. The fourth-order valence-electron chi connectivity index (χ4n) is 3.67. The van der Waals surface area contributed by atoms with Gasteiger partial charge in [0, 0.05) is 0 Å². The molecular weight excluding hydrogens is 411 g/mol. The van der Waals surface area contributed by atoms with Crippen molar-refractivity contribution in [2.75, 3.05) is 0 Å². The molecule has 142 valence electrons. The first-order chi connectivity index (χ1) is 11.4. The van der Waals surface area contributed by atoms with Gasteiger partial charge < -0.3 is 4.43 Å². The number of carbonyl (C=O) groups excluding carboxylic acids is 1. The van der Waals surface area contributed by atoms with E-state index in [9.17, 15) is 4.79 Å². The Bertz CT molecular complexity index is 545. The van der Waals surface area contributed by atoms with E-state index in [1.54, 1.807) is 0 Å². The highest BCUT2D eigenvalue weighted by atomic mass is 35.8. The molecule has 0 fully saturated rings. The summed E-state index contributed by atoms with van der Waals surface area (Å²) in [7, 11) is -2.22. The summed E-state index contributed by atoms with van der Waals surface area (Å²) < 4.78 is 6.21. The van der Waals surface area contributed by atoms with Crippen molar-refractivity contribution < 1.29 is 9.22 Å². The van der Waals surface area contributed by atoms with Gasteiger partial charge in [-0.2, -0.15) is 0 Å². The molecule has 0 aliphatic carbocycles. The van der Waals surface area contributed by atoms with Crippen LogP contribution < -0.4 is 0 Å². The third-order valence-electron chi connectivity index (χ3n) is 4.86. The number of rotatable bonds is 8. The molecule has 0 radical (unpaired) electrons. The van der Waals surface area contributed by atoms with Crippen molar-refractivity contribution in [2.24, 2.45) is 0 Å². The molecule has 1 rings (SSSR count). The van der Waals surface area contributed by atoms with Gasteiger partial charge in [-0.1, -0.05) is 53.7 Å². The molecule has 0 amide bonds. The smallest absolute Gasteiger partial charge is 0.341 e. The lowest BCUT2D eigenvalue weighted by atomic mass is 10.1. The fraction of sp³-hybridized carbons (Fsp3) is 0.611. The predicted octanol–water partition coefficient (Wildman–Crippen LogP) is 7.22. The summed E-state index contributed by atoms with van der Waals surface area (Å²) >= 11 is 17.8. The minimum Gasteiger partial charge on any atom is -0.515 e. The quantitative estimate of drug-likeness (QED) is 0.316. The standard InChI is InChI=1S/C18H29Cl3O2Si2/c1-13(2)25(14(3)4,15(5)6)23-18(22)17-9-7-16(8-10-17)11-12-24(19,20)21/h7-10,13-15H,11-12H2,1-6H3. The second-order valence-electron chi connectivity index (χ2n) is 7.52. The van der Waals surface area contributed by atoms with Crippen LogP contribution in [0.2, 0.25) is 22.7 Å². The van der Waals surface area contributed by atoms with Crippen LogP contribution in [0.25, 0.3) is 0 Å². The van der Waals surface area contributed by atoms with E-state index in [4.69, 9.17) is 37.7 Å². The Morgan fingerprint density at radius 1 is 0.920 bits per heavy atom. The molecule has 0 aliphatic rings. The van der Waals surface area contributed by atoms with Crippen molar-refractivity contribution in [1.82, 2.24) is 0 Å². The van der Waals surface area contributed by atoms with Crippen LogP contribution in [0.1, 0.15) is 57.5 Å². The van der Waals surface area contributed by atoms with Crippen molar-refractivity contribution >= 4 is 53.5 Å². The molecule has 0 spiro atoms. The van der Waals surface area contributed by atoms with E-state index in [1.807, 2.05) is 24.3 Å². The minimum absolute atomic E-state index is 0.218. The van der Waals surface area contributed by atoms with Gasteiger partial charge in [-0.15, -0.1) is 33.2 Å². The maximum absolute atomic E-state index is 12.8. The summed E-state index contributed by atoms with van der Waals surface area (Å²) in [5.74, 6) is -0.218. The van der Waals surface area contributed by atoms with Crippen molar-refractivity contribution in [1.29, 1.82) is 0 Å². The molecule has 0 saturated carbocycles. The Hall–Kier alpha value is -0.00623. The molecule has 0 atom stereocenters. The van der Waals surface area contributed by atoms with Gasteiger partial charge in [0.15, 0.2) is 0 Å². The van der Waals surface area contributed by atoms with Crippen LogP contribution in [0.4, 0.5) is 0 Å². The van der Waals surface area contributed by atoms with Crippen molar-refractivity contribution in [3.63, 3.8) is 0 Å². The molecule has 7 heteroatoms. The molecule has 0 aromatic heterocycles. The van der Waals surface area contributed by atoms with E-state index < -0.39 is 14.3 Å². The van der Waals surface area contributed by atoms with Crippen molar-refractivity contribution in [3.05, 3.63) is 35.4 Å². The third-order valence-corrected chi connectivity index (χ3v) is 13.3. The Kier molecular flexibility index (Phi) is 8.54. The van der Waals surface area contributed by atoms with Gasteiger partial charge in [0.25, 0.3) is 8.32 Å². The first kappa shape index (κ1) is 23.0. The molecule has 0 heterocycles. The van der Waals surface area contributed by atoms with E-state index >= 15 is 0 Å². The van der Waals surface area contributed by atoms with Crippen molar-refractivity contribution in [3.8, 4) is 0 Å². The SMILES string of the molecule is CC(C)[Si](OC(=O)c1ccc(CC[Si](Cl)(Cl)Cl)cc1)(C(C)C)C(C)C. The molecule has 0 unspecified atom stereocenters. The summed E-state index contributed by atoms with van der Waals surface area (Å²) in [5.41, 5.74) is 2.75. The fourth-order valence-corrected chi connectivity index (χ4v) is 10.2. The summed E-state index contributed by atoms with van der Waals surface area (Å²) in [4.78, 5) is 12.8. The molecule has 0 saturated heterocycles. The molecule has 1 aromatic rings. The first-order valence-electron chi connectivity index (χ1n) is 8.79. The van der Waals surface area contributed by atoms with Gasteiger partial charge in [0.1, 0.15) is 0 Å². The Labute approximate surface area is 168 Å². The molecular formula is C18H29Cl3O2Si2. The van der Waals surface area contributed by atoms with Gasteiger partial charge >= 0.3 is 12.0 Å². The summed E-state index contributed by atoms with van der Waals surface area (Å²) in [6, 6.07) is 5.44. The topological polar surface area (TPSA) is 26.3 Å². The van der Waals surface area contributed by atoms with Crippen LogP contribution in [0.5, 0.6) is 0 Å². The average molecular weight is 440 g/mol. The molecule has 1 aromatic carbocycles.